The Hall–Kier alpha value is -0.450. The summed E-state index contributed by atoms with van der Waals surface area (Å²) in [6.45, 7) is 6.03. The van der Waals surface area contributed by atoms with Gasteiger partial charge in [0, 0.05) is 18.5 Å². The second-order valence-electron chi connectivity index (χ2n) is 3.88. The lowest BCUT2D eigenvalue weighted by Gasteiger charge is -2.06. The number of nitrogens with one attached hydrogen (secondary N) is 1. The van der Waals surface area contributed by atoms with Crippen LogP contribution in [-0.2, 0) is 17.8 Å². The third kappa shape index (κ3) is 5.25. The molecule has 4 heteroatoms. The molecule has 0 bridgehead atoms. The number of hydrogen-bond donors (Lipinski definition) is 1. The minimum Gasteiger partial charge on any atom is -0.378 e. The molecule has 0 fully saturated rings. The van der Waals surface area contributed by atoms with E-state index in [1.807, 2.05) is 0 Å². The van der Waals surface area contributed by atoms with Gasteiger partial charge in [-0.2, -0.15) is 0 Å². The van der Waals surface area contributed by atoms with E-state index < -0.39 is 0 Å². The van der Waals surface area contributed by atoms with Crippen LogP contribution in [0.15, 0.2) is 5.38 Å². The van der Waals surface area contributed by atoms with Crippen LogP contribution in [0.5, 0.6) is 0 Å². The number of ether oxygens (including phenoxy) is 1. The number of nitrogens with zero attached hydrogens (tertiary/aromatic N) is 1. The van der Waals surface area contributed by atoms with Crippen LogP contribution in [0.3, 0.4) is 0 Å². The molecule has 1 heterocycles. The quantitative estimate of drug-likeness (QED) is 0.727. The van der Waals surface area contributed by atoms with Gasteiger partial charge < -0.3 is 10.1 Å². The molecule has 0 aliphatic carbocycles. The van der Waals surface area contributed by atoms with Crippen molar-refractivity contribution in [3.05, 3.63) is 16.1 Å². The summed E-state index contributed by atoms with van der Waals surface area (Å²) in [5.74, 6) is 0. The Kier molecular flexibility index (Phi) is 5.83. The van der Waals surface area contributed by atoms with Crippen LogP contribution >= 0.6 is 11.3 Å². The number of hydrogen-bond acceptors (Lipinski definition) is 4. The van der Waals surface area contributed by atoms with E-state index >= 15 is 0 Å². The van der Waals surface area contributed by atoms with Crippen LogP contribution in [0, 0.1) is 0 Å². The maximum atomic E-state index is 5.03. The molecule has 0 unspecified atom stereocenters. The fraction of sp³-hybridized carbons (Fsp3) is 0.727. The molecule has 1 aromatic heterocycles. The molecule has 0 radical (unpaired) electrons. The summed E-state index contributed by atoms with van der Waals surface area (Å²) in [5, 5.41) is 6.60. The van der Waals surface area contributed by atoms with Gasteiger partial charge in [0.25, 0.3) is 0 Å². The Morgan fingerprint density at radius 2 is 2.33 bits per heavy atom. The summed E-state index contributed by atoms with van der Waals surface area (Å²) < 4.78 is 5.03. The van der Waals surface area contributed by atoms with Gasteiger partial charge in [-0.3, -0.25) is 0 Å². The lowest BCUT2D eigenvalue weighted by molar-refractivity contribution is 0.184. The molecule has 0 spiro atoms. The zero-order chi connectivity index (χ0) is 11.1. The Bertz CT molecular complexity index is 273. The van der Waals surface area contributed by atoms with Crippen molar-refractivity contribution in [2.75, 3.05) is 13.7 Å². The van der Waals surface area contributed by atoms with Crippen molar-refractivity contribution in [3.63, 3.8) is 0 Å². The van der Waals surface area contributed by atoms with E-state index in [0.717, 1.165) is 24.4 Å². The molecule has 0 saturated carbocycles. The third-order valence-electron chi connectivity index (χ3n) is 2.03. The highest BCUT2D eigenvalue weighted by Crippen LogP contribution is 2.11. The van der Waals surface area contributed by atoms with Gasteiger partial charge in [0.1, 0.15) is 5.01 Å². The lowest BCUT2D eigenvalue weighted by atomic mass is 10.2. The predicted octanol–water partition coefficient (Wildman–Crippen LogP) is 2.22. The topological polar surface area (TPSA) is 34.1 Å². The Morgan fingerprint density at radius 1 is 1.53 bits per heavy atom. The normalized spacial score (nSPS) is 11.2. The fourth-order valence-corrected chi connectivity index (χ4v) is 2.11. The van der Waals surface area contributed by atoms with E-state index in [1.165, 1.54) is 5.69 Å². The van der Waals surface area contributed by atoms with Gasteiger partial charge in [-0.05, 0) is 19.4 Å². The van der Waals surface area contributed by atoms with Gasteiger partial charge in [-0.1, -0.05) is 13.8 Å². The maximum absolute atomic E-state index is 5.03. The molecular formula is C11H20N2OS. The smallest absolute Gasteiger partial charge is 0.119 e. The van der Waals surface area contributed by atoms with Crippen LogP contribution in [0.25, 0.3) is 0 Å². The van der Waals surface area contributed by atoms with E-state index in [-0.39, 0.29) is 0 Å². The van der Waals surface area contributed by atoms with Crippen molar-refractivity contribution in [1.82, 2.24) is 10.3 Å². The summed E-state index contributed by atoms with van der Waals surface area (Å²) in [5.41, 5.74) is 1.19. The molecule has 0 atom stereocenters. The maximum Gasteiger partial charge on any atom is 0.119 e. The molecule has 15 heavy (non-hydrogen) atoms. The Balaban J connectivity index is 2.19. The molecular weight excluding hydrogens is 208 g/mol. The minimum atomic E-state index is 0.574. The van der Waals surface area contributed by atoms with Crippen LogP contribution in [-0.4, -0.2) is 24.7 Å². The molecule has 0 aliphatic rings. The molecule has 0 amide bonds. The average Bonchev–Trinajstić information content (AvgIpc) is 2.61. The van der Waals surface area contributed by atoms with Crippen LogP contribution in [0.4, 0.5) is 0 Å². The summed E-state index contributed by atoms with van der Waals surface area (Å²) >= 11 is 1.68. The van der Waals surface area contributed by atoms with Crippen molar-refractivity contribution < 1.29 is 4.74 Å². The van der Waals surface area contributed by atoms with Crippen LogP contribution < -0.4 is 5.32 Å². The van der Waals surface area contributed by atoms with E-state index in [9.17, 15) is 0 Å². The molecule has 1 rings (SSSR count). The molecule has 3 nitrogen and oxygen atoms in total. The second kappa shape index (κ2) is 6.93. The predicted molar refractivity (Wildman–Crippen MR) is 64.3 cm³/mol. The standard InChI is InChI=1S/C11H20N2OS/c1-9(2)12-6-4-5-10-8-15-11(13-10)7-14-3/h8-9,12H,4-7H2,1-3H3. The van der Waals surface area contributed by atoms with Crippen molar-refractivity contribution in [1.29, 1.82) is 0 Å². The fourth-order valence-electron chi connectivity index (χ4n) is 1.31. The van der Waals surface area contributed by atoms with Gasteiger partial charge in [-0.25, -0.2) is 4.98 Å². The second-order valence-corrected chi connectivity index (χ2v) is 4.82. The molecule has 0 aliphatic heterocycles. The number of aryl methyl sites for hydroxylation is 1. The first-order chi connectivity index (χ1) is 7.22. The monoisotopic (exact) mass is 228 g/mol. The van der Waals surface area contributed by atoms with Crippen LogP contribution in [0.1, 0.15) is 31.0 Å². The van der Waals surface area contributed by atoms with E-state index in [2.05, 4.69) is 29.5 Å². The van der Waals surface area contributed by atoms with E-state index in [1.54, 1.807) is 18.4 Å². The first-order valence-electron chi connectivity index (χ1n) is 5.38. The third-order valence-corrected chi connectivity index (χ3v) is 2.90. The first-order valence-corrected chi connectivity index (χ1v) is 6.26. The Morgan fingerprint density at radius 3 is 3.00 bits per heavy atom. The van der Waals surface area contributed by atoms with E-state index in [0.29, 0.717) is 12.6 Å². The highest BCUT2D eigenvalue weighted by molar-refractivity contribution is 7.09. The van der Waals surface area contributed by atoms with Gasteiger partial charge in [-0.15, -0.1) is 11.3 Å². The average molecular weight is 228 g/mol. The zero-order valence-electron chi connectivity index (χ0n) is 9.75. The number of rotatable bonds is 7. The largest absolute Gasteiger partial charge is 0.378 e. The molecule has 1 aromatic rings. The number of thiazole rings is 1. The van der Waals surface area contributed by atoms with Gasteiger partial charge in [0.2, 0.25) is 0 Å². The highest BCUT2D eigenvalue weighted by atomic mass is 32.1. The van der Waals surface area contributed by atoms with E-state index in [4.69, 9.17) is 4.74 Å². The minimum absolute atomic E-state index is 0.574. The number of methoxy groups -OCH3 is 1. The summed E-state index contributed by atoms with van der Waals surface area (Å²) in [4.78, 5) is 4.48. The number of aromatic nitrogens is 1. The van der Waals surface area contributed by atoms with Crippen molar-refractivity contribution >= 4 is 11.3 Å². The zero-order valence-corrected chi connectivity index (χ0v) is 10.6. The molecule has 1 N–H and O–H groups in total. The van der Waals surface area contributed by atoms with Gasteiger partial charge in [0.05, 0.1) is 12.3 Å². The molecule has 0 aromatic carbocycles. The van der Waals surface area contributed by atoms with Crippen LogP contribution in [0.2, 0.25) is 0 Å². The summed E-state index contributed by atoms with van der Waals surface area (Å²) in [7, 11) is 1.70. The Labute approximate surface area is 95.9 Å². The highest BCUT2D eigenvalue weighted by Gasteiger charge is 2.01. The summed E-state index contributed by atoms with van der Waals surface area (Å²) in [6, 6.07) is 0.574. The summed E-state index contributed by atoms with van der Waals surface area (Å²) in [6.07, 6.45) is 2.20. The van der Waals surface area contributed by atoms with Crippen molar-refractivity contribution in [3.8, 4) is 0 Å². The van der Waals surface area contributed by atoms with Crippen molar-refractivity contribution in [2.24, 2.45) is 0 Å². The SMILES string of the molecule is COCc1nc(CCCNC(C)C)cs1. The van der Waals surface area contributed by atoms with Crippen molar-refractivity contribution in [2.45, 2.75) is 39.3 Å². The van der Waals surface area contributed by atoms with Gasteiger partial charge >= 0.3 is 0 Å². The lowest BCUT2D eigenvalue weighted by Crippen LogP contribution is -2.23. The first kappa shape index (κ1) is 12.6. The molecule has 0 saturated heterocycles. The van der Waals surface area contributed by atoms with Gasteiger partial charge in [0.15, 0.2) is 0 Å². The molecule has 86 valence electrons.